The topological polar surface area (TPSA) is 84.9 Å². The number of ether oxygens (including phenoxy) is 2. The molecule has 1 atom stereocenters. The average molecular weight is 602 g/mol. The third kappa shape index (κ3) is 7.24. The van der Waals surface area contributed by atoms with Crippen molar-refractivity contribution in [2.24, 2.45) is 5.92 Å². The van der Waals surface area contributed by atoms with Gasteiger partial charge in [0.05, 0.1) is 30.1 Å². The second-order valence-electron chi connectivity index (χ2n) is 10.6. The van der Waals surface area contributed by atoms with Crippen LogP contribution in [0.3, 0.4) is 0 Å². The van der Waals surface area contributed by atoms with Crippen molar-refractivity contribution in [2.75, 3.05) is 39.2 Å². The molecule has 0 aromatic heterocycles. The Morgan fingerprint density at radius 3 is 2.31 bits per heavy atom. The number of likely N-dealkylation sites (tertiary alicyclic amines) is 1. The molecule has 1 saturated heterocycles. The maximum atomic E-state index is 14.9. The van der Waals surface area contributed by atoms with Gasteiger partial charge in [0.25, 0.3) is 5.91 Å². The minimum absolute atomic E-state index is 0.177. The minimum Gasteiger partial charge on any atom is -0.493 e. The first-order valence-electron chi connectivity index (χ1n) is 13.2. The Kier molecular flexibility index (Phi) is 9.49. The zero-order chi connectivity index (χ0) is 28.4. The highest BCUT2D eigenvalue weighted by atomic mass is 35.5. The van der Waals surface area contributed by atoms with Crippen LogP contribution in [0, 0.1) is 11.7 Å². The van der Waals surface area contributed by atoms with Crippen LogP contribution in [0.4, 0.5) is 4.39 Å². The standard InChI is InChI=1S/C28H35Cl2FN2O5S/c1-4-39(35,36)32-27(34)24-14-23(19-5-6-19)26(15-25(24)31)38-16-18-7-9-33(10-8-18)28(2,17-37-3)20-11-21(29)13-22(30)12-20/h11-15,18-19H,4-10,16-17H2,1-3H3,(H,32,34). The summed E-state index contributed by atoms with van der Waals surface area (Å²) in [5.74, 6) is -1.17. The first kappa shape index (κ1) is 30.1. The van der Waals surface area contributed by atoms with Gasteiger partial charge in [-0.05, 0) is 99.8 Å². The number of nitrogens with one attached hydrogen (secondary N) is 1. The summed E-state index contributed by atoms with van der Waals surface area (Å²) in [6, 6.07) is 8.23. The van der Waals surface area contributed by atoms with Crippen molar-refractivity contribution in [2.45, 2.75) is 51.0 Å². The Labute approximate surface area is 240 Å². The number of hydrogen-bond acceptors (Lipinski definition) is 6. The molecule has 214 valence electrons. The summed E-state index contributed by atoms with van der Waals surface area (Å²) in [5, 5.41) is 1.16. The summed E-state index contributed by atoms with van der Waals surface area (Å²) in [6.45, 7) is 6.07. The molecule has 2 aromatic carbocycles. The lowest BCUT2D eigenvalue weighted by Crippen LogP contribution is -2.51. The lowest BCUT2D eigenvalue weighted by Gasteiger charge is -2.45. The summed E-state index contributed by atoms with van der Waals surface area (Å²) in [6.07, 6.45) is 3.59. The molecule has 1 aliphatic carbocycles. The molecule has 1 amide bonds. The number of rotatable bonds is 11. The molecule has 11 heteroatoms. The largest absolute Gasteiger partial charge is 0.493 e. The van der Waals surface area contributed by atoms with Crippen LogP contribution < -0.4 is 9.46 Å². The fourth-order valence-electron chi connectivity index (χ4n) is 5.16. The summed E-state index contributed by atoms with van der Waals surface area (Å²) in [7, 11) is -2.12. The van der Waals surface area contributed by atoms with Gasteiger partial charge in [-0.15, -0.1) is 0 Å². The van der Waals surface area contributed by atoms with E-state index in [0.29, 0.717) is 29.0 Å². The predicted molar refractivity (Wildman–Crippen MR) is 151 cm³/mol. The summed E-state index contributed by atoms with van der Waals surface area (Å²) >= 11 is 12.6. The van der Waals surface area contributed by atoms with Crippen molar-refractivity contribution >= 4 is 39.1 Å². The molecule has 0 spiro atoms. The first-order valence-corrected chi connectivity index (χ1v) is 15.6. The minimum atomic E-state index is -3.80. The molecule has 1 unspecified atom stereocenters. The molecule has 0 radical (unpaired) electrons. The number of carbonyl (C=O) groups excluding carboxylic acids is 1. The van der Waals surface area contributed by atoms with Crippen LogP contribution in [0.15, 0.2) is 30.3 Å². The fraction of sp³-hybridized carbons (Fsp3) is 0.536. The van der Waals surface area contributed by atoms with Crippen molar-refractivity contribution in [3.8, 4) is 5.75 Å². The number of hydrogen-bond donors (Lipinski definition) is 1. The maximum Gasteiger partial charge on any atom is 0.267 e. The summed E-state index contributed by atoms with van der Waals surface area (Å²) in [5.41, 5.74) is 1.06. The van der Waals surface area contributed by atoms with Crippen LogP contribution in [-0.4, -0.2) is 58.4 Å². The Bertz CT molecular complexity index is 1290. The molecule has 4 rings (SSSR count). The molecule has 2 fully saturated rings. The van der Waals surface area contributed by atoms with E-state index in [4.69, 9.17) is 32.7 Å². The Morgan fingerprint density at radius 1 is 1.10 bits per heavy atom. The van der Waals surface area contributed by atoms with Crippen LogP contribution in [0.2, 0.25) is 10.0 Å². The van der Waals surface area contributed by atoms with Gasteiger partial charge < -0.3 is 9.47 Å². The van der Waals surface area contributed by atoms with Gasteiger partial charge in [0, 0.05) is 23.2 Å². The van der Waals surface area contributed by atoms with E-state index in [0.717, 1.165) is 49.9 Å². The Hall–Kier alpha value is -1.91. The van der Waals surface area contributed by atoms with E-state index in [9.17, 15) is 17.6 Å². The number of carbonyl (C=O) groups is 1. The normalized spacial score (nSPS) is 18.5. The highest BCUT2D eigenvalue weighted by molar-refractivity contribution is 7.90. The van der Waals surface area contributed by atoms with Crippen molar-refractivity contribution in [1.82, 2.24) is 9.62 Å². The number of methoxy groups -OCH3 is 1. The Balaban J connectivity index is 1.43. The zero-order valence-corrected chi connectivity index (χ0v) is 24.8. The molecule has 1 saturated carbocycles. The van der Waals surface area contributed by atoms with Gasteiger partial charge in [0.1, 0.15) is 11.6 Å². The monoisotopic (exact) mass is 600 g/mol. The van der Waals surface area contributed by atoms with Crippen molar-refractivity contribution in [3.63, 3.8) is 0 Å². The number of nitrogens with zero attached hydrogens (tertiary/aromatic N) is 1. The molecule has 1 heterocycles. The number of halogens is 3. The molecule has 2 aromatic rings. The zero-order valence-electron chi connectivity index (χ0n) is 22.4. The highest BCUT2D eigenvalue weighted by Gasteiger charge is 2.37. The molecule has 39 heavy (non-hydrogen) atoms. The van der Waals surface area contributed by atoms with Gasteiger partial charge in [-0.3, -0.25) is 9.69 Å². The number of amides is 1. The SMILES string of the molecule is CCS(=O)(=O)NC(=O)c1cc(C2CC2)c(OCC2CCN(C(C)(COC)c3cc(Cl)cc(Cl)c3)CC2)cc1F. The van der Waals surface area contributed by atoms with Gasteiger partial charge in [-0.1, -0.05) is 23.2 Å². The fourth-order valence-corrected chi connectivity index (χ4v) is 6.22. The third-order valence-corrected chi connectivity index (χ3v) is 9.38. The molecule has 1 N–H and O–H groups in total. The van der Waals surface area contributed by atoms with E-state index >= 15 is 0 Å². The first-order chi connectivity index (χ1) is 18.5. The van der Waals surface area contributed by atoms with Crippen LogP contribution in [0.1, 0.15) is 66.9 Å². The van der Waals surface area contributed by atoms with Crippen molar-refractivity contribution in [3.05, 3.63) is 62.9 Å². The van der Waals surface area contributed by atoms with E-state index in [1.54, 1.807) is 13.2 Å². The number of piperidine rings is 1. The van der Waals surface area contributed by atoms with Gasteiger partial charge in [-0.2, -0.15) is 0 Å². The van der Waals surface area contributed by atoms with E-state index in [1.807, 2.05) is 16.9 Å². The van der Waals surface area contributed by atoms with E-state index in [2.05, 4.69) is 11.8 Å². The van der Waals surface area contributed by atoms with Gasteiger partial charge in [0.2, 0.25) is 10.0 Å². The smallest absolute Gasteiger partial charge is 0.267 e. The Morgan fingerprint density at radius 2 is 1.74 bits per heavy atom. The van der Waals surface area contributed by atoms with E-state index < -0.39 is 27.3 Å². The van der Waals surface area contributed by atoms with Gasteiger partial charge in [0.15, 0.2) is 0 Å². The summed E-state index contributed by atoms with van der Waals surface area (Å²) < 4.78 is 52.2. The predicted octanol–water partition coefficient (Wildman–Crippen LogP) is 5.74. The van der Waals surface area contributed by atoms with Crippen molar-refractivity contribution in [1.29, 1.82) is 0 Å². The van der Waals surface area contributed by atoms with Gasteiger partial charge in [-0.25, -0.2) is 17.5 Å². The number of sulfonamides is 1. The van der Waals surface area contributed by atoms with E-state index in [-0.39, 0.29) is 23.2 Å². The third-order valence-electron chi connectivity index (χ3n) is 7.69. The van der Waals surface area contributed by atoms with Crippen molar-refractivity contribution < 1.29 is 27.1 Å². The molecule has 7 nitrogen and oxygen atoms in total. The highest BCUT2D eigenvalue weighted by Crippen LogP contribution is 2.45. The van der Waals surface area contributed by atoms with Crippen LogP contribution in [0.5, 0.6) is 5.75 Å². The molecule has 1 aliphatic heterocycles. The molecular weight excluding hydrogens is 566 g/mol. The van der Waals surface area contributed by atoms with Crippen LogP contribution in [0.25, 0.3) is 0 Å². The molecule has 2 aliphatic rings. The van der Waals surface area contributed by atoms with Crippen LogP contribution >= 0.6 is 23.2 Å². The second kappa shape index (κ2) is 12.3. The second-order valence-corrected chi connectivity index (χ2v) is 13.5. The summed E-state index contributed by atoms with van der Waals surface area (Å²) in [4.78, 5) is 14.8. The lowest BCUT2D eigenvalue weighted by atomic mass is 9.86. The maximum absolute atomic E-state index is 14.9. The quantitative estimate of drug-likeness (QED) is 0.354. The number of benzene rings is 2. The lowest BCUT2D eigenvalue weighted by molar-refractivity contribution is -0.00666. The molecule has 0 bridgehead atoms. The van der Waals surface area contributed by atoms with Gasteiger partial charge >= 0.3 is 0 Å². The van der Waals surface area contributed by atoms with E-state index in [1.165, 1.54) is 19.1 Å². The molecular formula is C28H35Cl2FN2O5S. The average Bonchev–Trinajstić information content (AvgIpc) is 3.72. The van der Waals surface area contributed by atoms with Crippen LogP contribution in [-0.2, 0) is 20.3 Å².